The van der Waals surface area contributed by atoms with E-state index in [0.29, 0.717) is 19.4 Å². The predicted molar refractivity (Wildman–Crippen MR) is 417 cm³/mol. The number of carbonyl (C=O) groups is 2. The zero-order valence-corrected chi connectivity index (χ0v) is 64.5. The molecule has 3 N–H and O–H groups in total. The topological polar surface area (TPSA) is 95.9 Å². The van der Waals surface area contributed by atoms with Crippen molar-refractivity contribution in [2.75, 3.05) is 13.2 Å². The van der Waals surface area contributed by atoms with Crippen molar-refractivity contribution in [1.29, 1.82) is 0 Å². The SMILES string of the molecule is CCCCCCCCCCCCCCCCCCCCCCCCC/C=C/C(O)C(CO)NC(=O)CCCCCCCCCCCCCCCCCCCCCCCCCCCCCCCCCCCOC(=O)CCCCCCCCCCCCCCCCCCCCC. The molecule has 0 aromatic carbocycles. The first-order chi connectivity index (χ1) is 46.5. The number of unbranched alkanes of at least 4 members (excludes halogenated alkanes) is 73. The van der Waals surface area contributed by atoms with Gasteiger partial charge in [-0.3, -0.25) is 9.59 Å². The van der Waals surface area contributed by atoms with Crippen LogP contribution in [0.15, 0.2) is 12.2 Å². The van der Waals surface area contributed by atoms with Crippen molar-refractivity contribution in [3.63, 3.8) is 0 Å². The smallest absolute Gasteiger partial charge is 0.305 e. The van der Waals surface area contributed by atoms with Crippen LogP contribution in [0.2, 0.25) is 0 Å². The average Bonchev–Trinajstić information content (AvgIpc) is 3.66. The van der Waals surface area contributed by atoms with Crippen molar-refractivity contribution >= 4 is 11.9 Å². The zero-order chi connectivity index (χ0) is 67.7. The van der Waals surface area contributed by atoms with E-state index in [1.54, 1.807) is 6.08 Å². The third kappa shape index (κ3) is 79.6. The Kier molecular flexibility index (Phi) is 82.8. The minimum Gasteiger partial charge on any atom is -0.466 e. The highest BCUT2D eigenvalue weighted by molar-refractivity contribution is 5.76. The Bertz CT molecular complexity index is 1430. The third-order valence-electron chi connectivity index (χ3n) is 21.1. The predicted octanol–water partition coefficient (Wildman–Crippen LogP) is 29.4. The van der Waals surface area contributed by atoms with E-state index in [-0.39, 0.29) is 18.5 Å². The summed E-state index contributed by atoms with van der Waals surface area (Å²) < 4.78 is 5.53. The highest BCUT2D eigenvalue weighted by atomic mass is 16.5. The van der Waals surface area contributed by atoms with Crippen molar-refractivity contribution in [2.24, 2.45) is 0 Å². The number of ether oxygens (including phenoxy) is 1. The minimum atomic E-state index is -0.842. The van der Waals surface area contributed by atoms with Crippen LogP contribution in [0.25, 0.3) is 0 Å². The Balaban J connectivity index is 3.33. The van der Waals surface area contributed by atoms with Gasteiger partial charge < -0.3 is 20.3 Å². The fourth-order valence-corrected chi connectivity index (χ4v) is 14.4. The molecule has 2 unspecified atom stereocenters. The summed E-state index contributed by atoms with van der Waals surface area (Å²) >= 11 is 0. The summed E-state index contributed by atoms with van der Waals surface area (Å²) in [5.41, 5.74) is 0. The quantitative estimate of drug-likeness (QED) is 0.0320. The average molecular weight is 1330 g/mol. The van der Waals surface area contributed by atoms with E-state index in [9.17, 15) is 19.8 Å². The Hall–Kier alpha value is -1.40. The maximum absolute atomic E-state index is 12.6. The van der Waals surface area contributed by atoms with Gasteiger partial charge in [-0.1, -0.05) is 482 Å². The van der Waals surface area contributed by atoms with Gasteiger partial charge in [-0.05, 0) is 32.1 Å². The number of carbonyl (C=O) groups excluding carboxylic acids is 2. The van der Waals surface area contributed by atoms with Crippen molar-refractivity contribution in [3.8, 4) is 0 Å². The number of nitrogens with one attached hydrogen (secondary N) is 1. The standard InChI is InChI=1S/C88H173NO5/c1-3-5-7-9-11-13-15-17-19-21-23-24-25-35-38-41-45-48-52-56-60-64-68-72-76-80-86(91)85(84-90)89-87(92)81-77-73-69-65-61-57-53-49-46-42-39-36-33-31-29-27-26-28-30-32-34-37-40-43-47-51-55-59-63-67-71-75-79-83-94-88(93)82-78-74-70-66-62-58-54-50-44-22-20-18-16-14-12-10-8-6-4-2/h76,80,85-86,90-91H,3-75,77-79,81-84H2,1-2H3,(H,89,92)/b80-76+. The summed E-state index contributed by atoms with van der Waals surface area (Å²) in [5.74, 6) is -0.0288. The van der Waals surface area contributed by atoms with Gasteiger partial charge in [0.1, 0.15) is 0 Å². The number of hydrogen-bond acceptors (Lipinski definition) is 5. The molecule has 0 fully saturated rings. The van der Waals surface area contributed by atoms with Gasteiger partial charge in [0.25, 0.3) is 0 Å². The molecule has 0 spiro atoms. The van der Waals surface area contributed by atoms with Gasteiger partial charge in [0, 0.05) is 12.8 Å². The lowest BCUT2D eigenvalue weighted by molar-refractivity contribution is -0.143. The first kappa shape index (κ1) is 92.6. The molecule has 1 amide bonds. The molecule has 0 aliphatic carbocycles. The van der Waals surface area contributed by atoms with Gasteiger partial charge in [0.15, 0.2) is 0 Å². The molecular formula is C88H173NO5. The summed E-state index contributed by atoms with van der Waals surface area (Å²) in [4.78, 5) is 24.7. The number of allylic oxidation sites excluding steroid dienone is 1. The molecule has 6 heteroatoms. The van der Waals surface area contributed by atoms with E-state index in [1.165, 1.54) is 449 Å². The van der Waals surface area contributed by atoms with Gasteiger partial charge in [0.2, 0.25) is 5.91 Å². The minimum absolute atomic E-state index is 0.0279. The molecule has 2 atom stereocenters. The number of amides is 1. The molecule has 6 nitrogen and oxygen atoms in total. The second kappa shape index (κ2) is 84.0. The summed E-state index contributed by atoms with van der Waals surface area (Å²) in [5, 5.41) is 23.3. The lowest BCUT2D eigenvalue weighted by atomic mass is 10.0. The maximum atomic E-state index is 12.6. The second-order valence-electron chi connectivity index (χ2n) is 30.6. The number of hydrogen-bond donors (Lipinski definition) is 3. The summed E-state index contributed by atoms with van der Waals surface area (Å²) in [6.07, 6.45) is 108. The summed E-state index contributed by atoms with van der Waals surface area (Å²) in [6, 6.07) is -0.625. The van der Waals surface area contributed by atoms with Gasteiger partial charge >= 0.3 is 5.97 Å². The molecule has 0 radical (unpaired) electrons. The van der Waals surface area contributed by atoms with Crippen molar-refractivity contribution < 1.29 is 24.5 Å². The van der Waals surface area contributed by atoms with Crippen LogP contribution < -0.4 is 5.32 Å². The second-order valence-corrected chi connectivity index (χ2v) is 30.6. The van der Waals surface area contributed by atoms with E-state index in [1.807, 2.05) is 6.08 Å². The lowest BCUT2D eigenvalue weighted by Gasteiger charge is -2.20. The first-order valence-electron chi connectivity index (χ1n) is 44.0. The van der Waals surface area contributed by atoms with Crippen LogP contribution in [-0.4, -0.2) is 47.4 Å². The number of aliphatic hydroxyl groups is 2. The molecular weight excluding hydrogens is 1150 g/mol. The van der Waals surface area contributed by atoms with E-state index < -0.39 is 12.1 Å². The van der Waals surface area contributed by atoms with Crippen LogP contribution in [0.3, 0.4) is 0 Å². The Labute approximate surface area is 590 Å². The Morgan fingerprint density at radius 1 is 0.287 bits per heavy atom. The monoisotopic (exact) mass is 1320 g/mol. The fraction of sp³-hybridized carbons (Fsp3) is 0.955. The first-order valence-corrected chi connectivity index (χ1v) is 44.0. The highest BCUT2D eigenvalue weighted by Gasteiger charge is 2.18. The molecule has 0 saturated carbocycles. The van der Waals surface area contributed by atoms with Gasteiger partial charge in [0.05, 0.1) is 25.4 Å². The van der Waals surface area contributed by atoms with Crippen LogP contribution in [0, 0.1) is 0 Å². The van der Waals surface area contributed by atoms with E-state index >= 15 is 0 Å². The maximum Gasteiger partial charge on any atom is 0.305 e. The lowest BCUT2D eigenvalue weighted by Crippen LogP contribution is -2.45. The highest BCUT2D eigenvalue weighted by Crippen LogP contribution is 2.21. The van der Waals surface area contributed by atoms with E-state index in [2.05, 4.69) is 19.2 Å². The number of aliphatic hydroxyl groups excluding tert-OH is 2. The van der Waals surface area contributed by atoms with E-state index in [4.69, 9.17) is 4.74 Å². The number of rotatable bonds is 84. The Morgan fingerprint density at radius 2 is 0.489 bits per heavy atom. The van der Waals surface area contributed by atoms with Gasteiger partial charge in [-0.15, -0.1) is 0 Å². The summed E-state index contributed by atoms with van der Waals surface area (Å²) in [6.45, 7) is 4.98. The van der Waals surface area contributed by atoms with Crippen LogP contribution in [0.1, 0.15) is 515 Å². The molecule has 560 valence electrons. The van der Waals surface area contributed by atoms with Gasteiger partial charge in [-0.2, -0.15) is 0 Å². The molecule has 0 aliphatic heterocycles. The fourth-order valence-electron chi connectivity index (χ4n) is 14.4. The third-order valence-corrected chi connectivity index (χ3v) is 21.1. The van der Waals surface area contributed by atoms with Crippen molar-refractivity contribution in [3.05, 3.63) is 12.2 Å². The molecule has 0 saturated heterocycles. The normalized spacial score (nSPS) is 12.4. The molecule has 94 heavy (non-hydrogen) atoms. The molecule has 0 aromatic heterocycles. The van der Waals surface area contributed by atoms with Crippen LogP contribution in [0.4, 0.5) is 0 Å². The molecule has 0 aromatic rings. The van der Waals surface area contributed by atoms with Crippen molar-refractivity contribution in [1.82, 2.24) is 5.32 Å². The van der Waals surface area contributed by atoms with Crippen molar-refractivity contribution in [2.45, 2.75) is 527 Å². The molecule has 0 rings (SSSR count). The van der Waals surface area contributed by atoms with Gasteiger partial charge in [-0.25, -0.2) is 0 Å². The van der Waals surface area contributed by atoms with Crippen LogP contribution >= 0.6 is 0 Å². The van der Waals surface area contributed by atoms with Crippen LogP contribution in [-0.2, 0) is 14.3 Å². The molecule has 0 aliphatic rings. The number of esters is 1. The molecule has 0 bridgehead atoms. The van der Waals surface area contributed by atoms with E-state index in [0.717, 1.165) is 38.5 Å². The zero-order valence-electron chi connectivity index (χ0n) is 64.5. The largest absolute Gasteiger partial charge is 0.466 e. The summed E-state index contributed by atoms with van der Waals surface area (Å²) in [7, 11) is 0. The van der Waals surface area contributed by atoms with Crippen LogP contribution in [0.5, 0.6) is 0 Å². The Morgan fingerprint density at radius 3 is 0.723 bits per heavy atom. The molecule has 0 heterocycles.